The average molecular weight is 756 g/mol. The van der Waals surface area contributed by atoms with Crippen molar-refractivity contribution in [2.75, 3.05) is 19.8 Å². The first-order chi connectivity index (χ1) is 26.2. The highest BCUT2D eigenvalue weighted by Crippen LogP contribution is 2.36. The molecule has 1 saturated heterocycles. The number of rotatable bonds is 20. The van der Waals surface area contributed by atoms with Crippen LogP contribution in [0.1, 0.15) is 69.7 Å². The largest absolute Gasteiger partial charge is 0.453 e. The average Bonchev–Trinajstić information content (AvgIpc) is 3.40. The lowest BCUT2D eigenvalue weighted by molar-refractivity contribution is -0.159. The van der Waals surface area contributed by atoms with Gasteiger partial charge in [-0.1, -0.05) is 104 Å². The minimum Gasteiger partial charge on any atom is -0.453 e. The van der Waals surface area contributed by atoms with Gasteiger partial charge in [0, 0.05) is 25.5 Å². The van der Waals surface area contributed by atoms with Crippen molar-refractivity contribution in [1.82, 2.24) is 4.90 Å². The molecule has 0 aliphatic carbocycles. The first-order valence-electron chi connectivity index (χ1n) is 18.7. The molecule has 0 radical (unpaired) electrons. The van der Waals surface area contributed by atoms with Gasteiger partial charge < -0.3 is 24.1 Å². The number of hydrogen-bond donors (Lipinski definition) is 1. The summed E-state index contributed by atoms with van der Waals surface area (Å²) in [4.78, 5) is 69.8. The van der Waals surface area contributed by atoms with Gasteiger partial charge in [0.1, 0.15) is 11.7 Å². The van der Waals surface area contributed by atoms with E-state index in [4.69, 9.17) is 18.9 Å². The van der Waals surface area contributed by atoms with Crippen LogP contribution in [0, 0.1) is 18.8 Å². The first-order valence-corrected chi connectivity index (χ1v) is 18.7. The molecular formula is C44H53NO10. The molecule has 1 N–H and O–H groups in total. The van der Waals surface area contributed by atoms with Gasteiger partial charge >= 0.3 is 12.1 Å². The van der Waals surface area contributed by atoms with Gasteiger partial charge in [0.05, 0.1) is 31.8 Å². The van der Waals surface area contributed by atoms with Crippen molar-refractivity contribution in [3.8, 4) is 0 Å². The van der Waals surface area contributed by atoms with Gasteiger partial charge in [0.25, 0.3) is 0 Å². The van der Waals surface area contributed by atoms with E-state index in [1.807, 2.05) is 63.2 Å². The molecular weight excluding hydrogens is 702 g/mol. The van der Waals surface area contributed by atoms with Crippen molar-refractivity contribution >= 4 is 35.1 Å². The second-order valence-corrected chi connectivity index (χ2v) is 14.7. The van der Waals surface area contributed by atoms with Crippen molar-refractivity contribution in [2.24, 2.45) is 11.8 Å². The van der Waals surface area contributed by atoms with E-state index in [1.54, 1.807) is 56.3 Å². The number of cyclic esters (lactones) is 1. The molecule has 0 bridgehead atoms. The summed E-state index contributed by atoms with van der Waals surface area (Å²) in [6, 6.07) is 24.9. The van der Waals surface area contributed by atoms with Crippen molar-refractivity contribution in [2.45, 2.75) is 91.3 Å². The molecule has 2 amide bonds. The summed E-state index contributed by atoms with van der Waals surface area (Å²) in [6.07, 6.45) is -1.65. The molecule has 55 heavy (non-hydrogen) atoms. The number of aliphatic hydroxyl groups is 1. The Morgan fingerprint density at radius 3 is 2.20 bits per heavy atom. The Bertz CT molecular complexity index is 1800. The number of benzene rings is 3. The van der Waals surface area contributed by atoms with Crippen LogP contribution in [0.2, 0.25) is 0 Å². The van der Waals surface area contributed by atoms with Gasteiger partial charge in [0.15, 0.2) is 17.7 Å². The molecule has 0 spiro atoms. The van der Waals surface area contributed by atoms with Crippen molar-refractivity contribution in [3.63, 3.8) is 0 Å². The maximum absolute atomic E-state index is 14.6. The van der Waals surface area contributed by atoms with Crippen molar-refractivity contribution in [1.29, 1.82) is 0 Å². The molecule has 0 aromatic heterocycles. The third kappa shape index (κ3) is 12.0. The van der Waals surface area contributed by atoms with Gasteiger partial charge in [-0.05, 0) is 62.3 Å². The smallest absolute Gasteiger partial charge is 0.417 e. The zero-order chi connectivity index (χ0) is 40.1. The van der Waals surface area contributed by atoms with Crippen LogP contribution < -0.4 is 0 Å². The third-order valence-corrected chi connectivity index (χ3v) is 9.41. The number of allylic oxidation sites excluding steroid dienone is 1. The van der Waals surface area contributed by atoms with Gasteiger partial charge in [0.2, 0.25) is 5.91 Å². The zero-order valence-electron chi connectivity index (χ0n) is 32.6. The predicted octanol–water partition coefficient (Wildman–Crippen LogP) is 6.46. The van der Waals surface area contributed by atoms with E-state index in [1.165, 1.54) is 0 Å². The minimum atomic E-state index is -1.67. The summed E-state index contributed by atoms with van der Waals surface area (Å²) >= 11 is 0. The normalized spacial score (nSPS) is 17.0. The second kappa shape index (κ2) is 20.1. The highest BCUT2D eigenvalue weighted by Gasteiger charge is 2.54. The molecule has 1 heterocycles. The molecule has 294 valence electrons. The molecule has 1 fully saturated rings. The van der Waals surface area contributed by atoms with Crippen LogP contribution in [-0.2, 0) is 51.2 Å². The van der Waals surface area contributed by atoms with E-state index >= 15 is 0 Å². The molecule has 4 atom stereocenters. The fourth-order valence-electron chi connectivity index (χ4n) is 6.96. The number of imide groups is 1. The number of carbonyl (C=O) groups is 5. The van der Waals surface area contributed by atoms with Crippen LogP contribution in [0.5, 0.6) is 0 Å². The highest BCUT2D eigenvalue weighted by atomic mass is 16.6. The monoisotopic (exact) mass is 755 g/mol. The topological polar surface area (TPSA) is 146 Å². The van der Waals surface area contributed by atoms with Gasteiger partial charge in [-0.2, -0.15) is 0 Å². The van der Waals surface area contributed by atoms with Crippen LogP contribution in [-0.4, -0.2) is 83.2 Å². The highest BCUT2D eigenvalue weighted by molar-refractivity contribution is 6.25. The number of nitrogens with zero attached hydrogens (tertiary/aromatic N) is 1. The fraction of sp³-hybridized carbons (Fsp3) is 0.432. The second-order valence-electron chi connectivity index (χ2n) is 14.7. The number of hydrogen-bond acceptors (Lipinski definition) is 10. The lowest BCUT2D eigenvalue weighted by Gasteiger charge is -2.34. The molecule has 1 unspecified atom stereocenters. The number of aryl methyl sites for hydroxylation is 1. The Kier molecular flexibility index (Phi) is 15.6. The Balaban J connectivity index is 1.59. The van der Waals surface area contributed by atoms with E-state index in [9.17, 15) is 29.1 Å². The van der Waals surface area contributed by atoms with Crippen LogP contribution >= 0.6 is 0 Å². The van der Waals surface area contributed by atoms with E-state index < -0.39 is 53.5 Å². The maximum atomic E-state index is 14.6. The fourth-order valence-corrected chi connectivity index (χ4v) is 6.96. The predicted molar refractivity (Wildman–Crippen MR) is 207 cm³/mol. The molecule has 3 aromatic carbocycles. The van der Waals surface area contributed by atoms with E-state index in [0.29, 0.717) is 24.2 Å². The van der Waals surface area contributed by atoms with E-state index in [2.05, 4.69) is 0 Å². The number of aliphatic hydroxyl groups excluding tert-OH is 1. The van der Waals surface area contributed by atoms with Crippen LogP contribution in [0.25, 0.3) is 5.57 Å². The third-order valence-electron chi connectivity index (χ3n) is 9.41. The summed E-state index contributed by atoms with van der Waals surface area (Å²) in [5, 5.41) is 9.77. The van der Waals surface area contributed by atoms with Crippen LogP contribution in [0.3, 0.4) is 0 Å². The molecule has 1 aliphatic rings. The van der Waals surface area contributed by atoms with Crippen molar-refractivity contribution in [3.05, 3.63) is 113 Å². The molecule has 3 aromatic rings. The lowest BCUT2D eigenvalue weighted by Crippen LogP contribution is -2.53. The van der Waals surface area contributed by atoms with Crippen molar-refractivity contribution < 1.29 is 48.0 Å². The molecule has 11 nitrogen and oxygen atoms in total. The minimum absolute atomic E-state index is 0.0110. The lowest BCUT2D eigenvalue weighted by atomic mass is 9.85. The maximum Gasteiger partial charge on any atom is 0.417 e. The summed E-state index contributed by atoms with van der Waals surface area (Å²) in [7, 11) is 0. The SMILES string of the molecule is CC(=O)O[C@H](C(=O)/C=C(\C(=O)CCCOCC(CO)OCc1ccccc1)c1cccc(C)c1)[C@H](Cc1ccccc1)C(=O)N1C(=O)OC(C)(C)[C@@H]1C(C)C. The van der Waals surface area contributed by atoms with E-state index in [0.717, 1.165) is 29.0 Å². The summed E-state index contributed by atoms with van der Waals surface area (Å²) in [5.74, 6) is -4.20. The number of carbonyl (C=O) groups excluding carboxylic acids is 5. The summed E-state index contributed by atoms with van der Waals surface area (Å²) in [6.45, 7) is 10.6. The van der Waals surface area contributed by atoms with E-state index in [-0.39, 0.29) is 49.9 Å². The summed E-state index contributed by atoms with van der Waals surface area (Å²) < 4.78 is 22.8. The van der Waals surface area contributed by atoms with Gasteiger partial charge in [-0.15, -0.1) is 0 Å². The Morgan fingerprint density at radius 2 is 1.60 bits per heavy atom. The number of Topliss-reactive ketones (excluding diaryl/α,β-unsaturated/α-hetero) is 1. The number of ether oxygens (including phenoxy) is 4. The summed E-state index contributed by atoms with van der Waals surface area (Å²) in [5.41, 5.74) is 2.03. The van der Waals surface area contributed by atoms with Crippen LogP contribution in [0.15, 0.2) is 91.0 Å². The van der Waals surface area contributed by atoms with Gasteiger partial charge in [-0.25, -0.2) is 9.69 Å². The number of esters is 1. The Morgan fingerprint density at radius 1 is 0.945 bits per heavy atom. The quantitative estimate of drug-likeness (QED) is 0.0775. The Labute approximate surface area is 323 Å². The zero-order valence-corrected chi connectivity index (χ0v) is 32.6. The number of amides is 2. The molecule has 1 aliphatic heterocycles. The Hall–Kier alpha value is -4.97. The molecule has 4 rings (SSSR count). The van der Waals surface area contributed by atoms with Gasteiger partial charge in [-0.3, -0.25) is 19.2 Å². The standard InChI is InChI=1S/C44H53NO10/c1-29(2)41-44(5,6)55-43(51)45(41)42(50)37(24-32-16-9-7-10-17-32)40(54-31(4)47)39(49)25-36(34-20-13-15-30(3)23-34)38(48)21-14-22-52-28-35(26-46)53-27-33-18-11-8-12-19-33/h7-13,15-20,23,25,29,35,37,40-41,46H,14,21-22,24,26-28H2,1-6H3/b36-25-/t35?,37-,40-,41-/m0/s1. The first kappa shape index (κ1) is 42.8. The number of ketones is 2. The van der Waals surface area contributed by atoms with Crippen LogP contribution in [0.4, 0.5) is 4.79 Å². The molecule has 0 saturated carbocycles. The molecule has 11 heteroatoms.